The molecule has 0 fully saturated rings. The van der Waals surface area contributed by atoms with Gasteiger partial charge in [0.2, 0.25) is 0 Å². The smallest absolute Gasteiger partial charge is 0.0540 e. The lowest BCUT2D eigenvalue weighted by Gasteiger charge is -2.28. The summed E-state index contributed by atoms with van der Waals surface area (Å²) in [7, 11) is 0. The minimum absolute atomic E-state index is 1.10. The summed E-state index contributed by atoms with van der Waals surface area (Å²) in [6, 6.07) is 86.1. The van der Waals surface area contributed by atoms with Crippen LogP contribution in [0, 0.1) is 0 Å². The summed E-state index contributed by atoms with van der Waals surface area (Å²) in [5.41, 5.74) is 15.4. The van der Waals surface area contributed by atoms with Crippen molar-refractivity contribution in [3.05, 3.63) is 237 Å². The van der Waals surface area contributed by atoms with E-state index in [-0.39, 0.29) is 0 Å². The van der Waals surface area contributed by atoms with Gasteiger partial charge in [-0.25, -0.2) is 0 Å². The maximum Gasteiger partial charge on any atom is 0.0540 e. The van der Waals surface area contributed by atoms with Crippen LogP contribution in [0.1, 0.15) is 0 Å². The van der Waals surface area contributed by atoms with Gasteiger partial charge in [-0.2, -0.15) is 0 Å². The fourth-order valence-corrected chi connectivity index (χ4v) is 9.69. The highest BCUT2D eigenvalue weighted by Gasteiger charge is 2.18. The molecule has 0 aliphatic heterocycles. The van der Waals surface area contributed by atoms with Crippen LogP contribution in [0.2, 0.25) is 0 Å². The van der Waals surface area contributed by atoms with Crippen molar-refractivity contribution in [1.29, 1.82) is 0 Å². The van der Waals surface area contributed by atoms with Gasteiger partial charge in [0.25, 0.3) is 0 Å². The van der Waals surface area contributed by atoms with Gasteiger partial charge >= 0.3 is 0 Å². The molecule has 60 heavy (non-hydrogen) atoms. The number of para-hydroxylation sites is 1. The SMILES string of the molecule is c1ccc(-c2ccc(-c3ccc(N(c4ccc(-c5ccc(-c6ccc7ccccc7c6)cc5)cc4)c4ccccc4-c4ccc5c(c4)sc4ccccc45)cc3)cc2)cc1. The van der Waals surface area contributed by atoms with Crippen LogP contribution in [0.25, 0.3) is 86.6 Å². The second-order valence-electron chi connectivity index (χ2n) is 15.3. The zero-order valence-corrected chi connectivity index (χ0v) is 33.7. The molecule has 282 valence electrons. The Morgan fingerprint density at radius 2 is 0.717 bits per heavy atom. The topological polar surface area (TPSA) is 3.24 Å². The first kappa shape index (κ1) is 35.6. The average molecular weight is 782 g/mol. The maximum absolute atomic E-state index is 2.40. The van der Waals surface area contributed by atoms with Crippen LogP contribution in [0.4, 0.5) is 17.1 Å². The van der Waals surface area contributed by atoms with Gasteiger partial charge in [-0.3, -0.25) is 0 Å². The zero-order valence-electron chi connectivity index (χ0n) is 32.9. The number of benzene rings is 10. The Bertz CT molecular complexity index is 3270. The predicted molar refractivity (Wildman–Crippen MR) is 259 cm³/mol. The van der Waals surface area contributed by atoms with E-state index in [1.807, 2.05) is 11.3 Å². The summed E-state index contributed by atoms with van der Waals surface area (Å²) >= 11 is 1.86. The molecule has 0 atom stereocenters. The minimum Gasteiger partial charge on any atom is -0.310 e. The lowest BCUT2D eigenvalue weighted by molar-refractivity contribution is 1.28. The number of hydrogen-bond acceptors (Lipinski definition) is 2. The molecule has 1 aromatic heterocycles. The number of rotatable bonds is 8. The first-order valence-electron chi connectivity index (χ1n) is 20.5. The Balaban J connectivity index is 0.958. The monoisotopic (exact) mass is 781 g/mol. The molecule has 1 nitrogen and oxygen atoms in total. The quantitative estimate of drug-likeness (QED) is 0.148. The molecule has 0 radical (unpaired) electrons. The number of fused-ring (bicyclic) bond motifs is 4. The molecule has 0 aliphatic rings. The predicted octanol–water partition coefficient (Wildman–Crippen LogP) is 17.0. The summed E-state index contributed by atoms with van der Waals surface area (Å²) in [6.45, 7) is 0. The van der Waals surface area contributed by atoms with Crippen LogP contribution < -0.4 is 4.90 Å². The molecule has 0 saturated heterocycles. The molecule has 0 saturated carbocycles. The molecular formula is C58H39NS. The first-order valence-corrected chi connectivity index (χ1v) is 21.3. The van der Waals surface area contributed by atoms with E-state index in [1.165, 1.54) is 86.6 Å². The number of thiophene rings is 1. The van der Waals surface area contributed by atoms with E-state index in [0.29, 0.717) is 0 Å². The Hall–Kier alpha value is -7.52. The van der Waals surface area contributed by atoms with Crippen LogP contribution in [-0.2, 0) is 0 Å². The molecule has 11 rings (SSSR count). The van der Waals surface area contributed by atoms with Crippen LogP contribution in [0.3, 0.4) is 0 Å². The Morgan fingerprint density at radius 3 is 1.37 bits per heavy atom. The standard InChI is InChI=1S/C58H39NS/c1-2-10-40(11-3-1)42-18-20-43(21-19-42)45-28-33-51(34-29-45)59(56-16-8-6-14-53(56)50-32-37-55-54-15-7-9-17-57(54)60-58(55)39-50)52-35-30-46(31-36-52)44-22-24-47(25-23-44)49-27-26-41-12-4-5-13-48(41)38-49/h1-39H. The molecular weight excluding hydrogens is 743 g/mol. The number of anilines is 3. The molecule has 0 spiro atoms. The highest BCUT2D eigenvalue weighted by atomic mass is 32.1. The third-order valence-corrected chi connectivity index (χ3v) is 12.8. The molecule has 0 N–H and O–H groups in total. The fourth-order valence-electron chi connectivity index (χ4n) is 8.55. The van der Waals surface area contributed by atoms with E-state index in [9.17, 15) is 0 Å². The summed E-state index contributed by atoms with van der Waals surface area (Å²) in [5.74, 6) is 0. The largest absolute Gasteiger partial charge is 0.310 e. The van der Waals surface area contributed by atoms with E-state index >= 15 is 0 Å². The summed E-state index contributed by atoms with van der Waals surface area (Å²) in [4.78, 5) is 2.40. The summed E-state index contributed by atoms with van der Waals surface area (Å²) < 4.78 is 2.62. The van der Waals surface area contributed by atoms with E-state index in [2.05, 4.69) is 241 Å². The molecule has 1 heterocycles. The molecule has 0 aliphatic carbocycles. The molecule has 11 aromatic rings. The second-order valence-corrected chi connectivity index (χ2v) is 16.4. The highest BCUT2D eigenvalue weighted by molar-refractivity contribution is 7.25. The fraction of sp³-hybridized carbons (Fsp3) is 0. The van der Waals surface area contributed by atoms with E-state index < -0.39 is 0 Å². The summed E-state index contributed by atoms with van der Waals surface area (Å²) in [5, 5.41) is 5.14. The van der Waals surface area contributed by atoms with Gasteiger partial charge in [-0.05, 0) is 109 Å². The van der Waals surface area contributed by atoms with E-state index in [1.54, 1.807) is 0 Å². The zero-order chi connectivity index (χ0) is 39.8. The van der Waals surface area contributed by atoms with Crippen LogP contribution in [0.15, 0.2) is 237 Å². The second kappa shape index (κ2) is 15.3. The van der Waals surface area contributed by atoms with Gasteiger partial charge in [-0.1, -0.05) is 188 Å². The van der Waals surface area contributed by atoms with Crippen molar-refractivity contribution >= 4 is 59.3 Å². The molecule has 0 amide bonds. The van der Waals surface area contributed by atoms with Crippen molar-refractivity contribution in [2.75, 3.05) is 4.90 Å². The maximum atomic E-state index is 2.40. The lowest BCUT2D eigenvalue weighted by Crippen LogP contribution is -2.11. The van der Waals surface area contributed by atoms with Crippen LogP contribution in [0.5, 0.6) is 0 Å². The normalized spacial score (nSPS) is 11.3. The first-order chi connectivity index (χ1) is 29.7. The Kier molecular flexibility index (Phi) is 9.11. The van der Waals surface area contributed by atoms with Crippen LogP contribution in [-0.4, -0.2) is 0 Å². The van der Waals surface area contributed by atoms with Gasteiger partial charge in [-0.15, -0.1) is 11.3 Å². The van der Waals surface area contributed by atoms with E-state index in [0.717, 1.165) is 17.1 Å². The van der Waals surface area contributed by atoms with Gasteiger partial charge in [0.1, 0.15) is 0 Å². The van der Waals surface area contributed by atoms with E-state index in [4.69, 9.17) is 0 Å². The molecule has 10 aromatic carbocycles. The van der Waals surface area contributed by atoms with Crippen molar-refractivity contribution in [2.24, 2.45) is 0 Å². The van der Waals surface area contributed by atoms with Crippen molar-refractivity contribution < 1.29 is 0 Å². The van der Waals surface area contributed by atoms with Crippen molar-refractivity contribution in [3.63, 3.8) is 0 Å². The van der Waals surface area contributed by atoms with Crippen molar-refractivity contribution in [3.8, 4) is 55.6 Å². The number of nitrogens with zero attached hydrogens (tertiary/aromatic N) is 1. The average Bonchev–Trinajstić information content (AvgIpc) is 3.71. The van der Waals surface area contributed by atoms with Gasteiger partial charge in [0.15, 0.2) is 0 Å². The van der Waals surface area contributed by atoms with Gasteiger partial charge in [0, 0.05) is 37.1 Å². The third-order valence-electron chi connectivity index (χ3n) is 11.7. The van der Waals surface area contributed by atoms with Crippen LogP contribution >= 0.6 is 11.3 Å². The highest BCUT2D eigenvalue weighted by Crippen LogP contribution is 2.44. The Morgan fingerprint density at radius 1 is 0.267 bits per heavy atom. The minimum atomic E-state index is 1.10. The molecule has 0 bridgehead atoms. The molecule has 2 heteroatoms. The lowest BCUT2D eigenvalue weighted by atomic mass is 9.97. The number of hydrogen-bond donors (Lipinski definition) is 0. The third kappa shape index (κ3) is 6.73. The molecule has 0 unspecified atom stereocenters. The Labute approximate surface area is 354 Å². The van der Waals surface area contributed by atoms with Gasteiger partial charge in [0.05, 0.1) is 5.69 Å². The van der Waals surface area contributed by atoms with Gasteiger partial charge < -0.3 is 4.90 Å². The summed E-state index contributed by atoms with van der Waals surface area (Å²) in [6.07, 6.45) is 0. The van der Waals surface area contributed by atoms with Crippen molar-refractivity contribution in [1.82, 2.24) is 0 Å². The van der Waals surface area contributed by atoms with Crippen molar-refractivity contribution in [2.45, 2.75) is 0 Å².